The van der Waals surface area contributed by atoms with Crippen LogP contribution in [0.2, 0.25) is 0 Å². The lowest BCUT2D eigenvalue weighted by atomic mass is 10.1. The normalized spacial score (nSPS) is 12.8. The second-order valence-electron chi connectivity index (χ2n) is 7.93. The molecule has 0 saturated heterocycles. The van der Waals surface area contributed by atoms with Crippen molar-refractivity contribution in [3.8, 4) is 0 Å². The maximum Gasteiger partial charge on any atom is 0.253 e. The summed E-state index contributed by atoms with van der Waals surface area (Å²) in [5, 5.41) is 8.62. The average Bonchev–Trinajstić information content (AvgIpc) is 3.12. The van der Waals surface area contributed by atoms with Gasteiger partial charge in [-0.3, -0.25) is 28.9 Å². The van der Waals surface area contributed by atoms with Gasteiger partial charge < -0.3 is 16.0 Å². The van der Waals surface area contributed by atoms with Gasteiger partial charge in [0.25, 0.3) is 11.8 Å². The van der Waals surface area contributed by atoms with Crippen molar-refractivity contribution in [1.82, 2.24) is 20.9 Å². The molecule has 9 nitrogen and oxygen atoms in total. The Bertz CT molecular complexity index is 666. The zero-order valence-electron chi connectivity index (χ0n) is 19.7. The number of amides is 5. The van der Waals surface area contributed by atoms with Crippen LogP contribution in [-0.2, 0) is 24.0 Å². The number of unbranched alkanes of at least 4 members (excludes halogenated alkanes) is 5. The summed E-state index contributed by atoms with van der Waals surface area (Å²) in [4.78, 5) is 59.0. The molecule has 10 heteroatoms. The van der Waals surface area contributed by atoms with E-state index in [1.807, 2.05) is 6.26 Å². The molecular weight excluding hydrogens is 444 g/mol. The van der Waals surface area contributed by atoms with Gasteiger partial charge in [-0.1, -0.05) is 19.3 Å². The van der Waals surface area contributed by atoms with Crippen LogP contribution in [0, 0.1) is 0 Å². The molecule has 1 heterocycles. The molecule has 0 aromatic carbocycles. The molecule has 0 radical (unpaired) electrons. The minimum Gasteiger partial charge on any atom is -0.356 e. The highest BCUT2D eigenvalue weighted by Gasteiger charge is 2.23. The molecule has 0 spiro atoms. The van der Waals surface area contributed by atoms with E-state index >= 15 is 0 Å². The molecule has 0 aromatic heterocycles. The van der Waals surface area contributed by atoms with Crippen LogP contribution in [0.3, 0.4) is 0 Å². The Morgan fingerprint density at radius 1 is 0.697 bits per heavy atom. The van der Waals surface area contributed by atoms with Gasteiger partial charge in [-0.25, -0.2) is 0 Å². The predicted molar refractivity (Wildman–Crippen MR) is 129 cm³/mol. The van der Waals surface area contributed by atoms with Crippen LogP contribution in [-0.4, -0.2) is 72.6 Å². The van der Waals surface area contributed by atoms with E-state index < -0.39 is 0 Å². The fourth-order valence-electron chi connectivity index (χ4n) is 3.20. The lowest BCUT2D eigenvalue weighted by molar-refractivity contribution is -0.137. The second kappa shape index (κ2) is 18.1. The van der Waals surface area contributed by atoms with Crippen molar-refractivity contribution < 1.29 is 24.0 Å². The van der Waals surface area contributed by atoms with Gasteiger partial charge in [0, 0.05) is 63.3 Å². The number of imide groups is 1. The van der Waals surface area contributed by atoms with Crippen molar-refractivity contribution in [3.05, 3.63) is 12.2 Å². The Morgan fingerprint density at radius 2 is 1.15 bits per heavy atom. The number of nitrogens with zero attached hydrogens (tertiary/aromatic N) is 1. The van der Waals surface area contributed by atoms with E-state index in [2.05, 4.69) is 16.0 Å². The van der Waals surface area contributed by atoms with E-state index in [9.17, 15) is 24.0 Å². The van der Waals surface area contributed by atoms with E-state index in [4.69, 9.17) is 0 Å². The molecule has 186 valence electrons. The number of carbonyl (C=O) groups is 5. The molecular formula is C23H38N4O5S. The van der Waals surface area contributed by atoms with E-state index in [1.165, 1.54) is 12.2 Å². The van der Waals surface area contributed by atoms with Crippen molar-refractivity contribution in [2.75, 3.05) is 38.2 Å². The number of nitrogens with one attached hydrogen (secondary N) is 3. The minimum atomic E-state index is -0.381. The number of rotatable bonds is 19. The van der Waals surface area contributed by atoms with Gasteiger partial charge in [-0.2, -0.15) is 11.8 Å². The second-order valence-corrected chi connectivity index (χ2v) is 8.91. The van der Waals surface area contributed by atoms with Crippen molar-refractivity contribution in [2.24, 2.45) is 0 Å². The third-order valence-corrected chi connectivity index (χ3v) is 5.76. The first-order valence-corrected chi connectivity index (χ1v) is 13.2. The molecule has 3 N–H and O–H groups in total. The molecule has 0 atom stereocenters. The van der Waals surface area contributed by atoms with E-state index in [0.29, 0.717) is 25.9 Å². The molecule has 0 aliphatic carbocycles. The van der Waals surface area contributed by atoms with Gasteiger partial charge >= 0.3 is 0 Å². The van der Waals surface area contributed by atoms with Gasteiger partial charge in [0.05, 0.1) is 0 Å². The summed E-state index contributed by atoms with van der Waals surface area (Å²) in [7, 11) is 0. The predicted octanol–water partition coefficient (Wildman–Crippen LogP) is 1.52. The van der Waals surface area contributed by atoms with E-state index in [-0.39, 0.29) is 42.5 Å². The monoisotopic (exact) mass is 482 g/mol. The van der Waals surface area contributed by atoms with Crippen molar-refractivity contribution >= 4 is 41.3 Å². The summed E-state index contributed by atoms with van der Waals surface area (Å²) >= 11 is 1.67. The summed E-state index contributed by atoms with van der Waals surface area (Å²) in [5.41, 5.74) is 0. The molecule has 1 aliphatic heterocycles. The molecule has 0 saturated carbocycles. The van der Waals surface area contributed by atoms with Gasteiger partial charge in [0.1, 0.15) is 0 Å². The van der Waals surface area contributed by atoms with Crippen molar-refractivity contribution in [3.63, 3.8) is 0 Å². The third kappa shape index (κ3) is 14.4. The first-order chi connectivity index (χ1) is 15.9. The highest BCUT2D eigenvalue weighted by Crippen LogP contribution is 2.04. The van der Waals surface area contributed by atoms with Crippen LogP contribution < -0.4 is 16.0 Å². The maximum atomic E-state index is 11.8. The standard InChI is InChI=1S/C23H38N4O5S/c1-33-18-13-21(30)26-15-7-3-2-6-14-24-19(28)9-5-4-8-16-25-20(29)12-17-27-22(31)10-11-23(27)32/h10-11H,2-9,12-18H2,1H3,(H,24,28)(H,25,29)(H,26,30). The zero-order chi connectivity index (χ0) is 24.3. The molecule has 0 unspecified atom stereocenters. The summed E-state index contributed by atoms with van der Waals surface area (Å²) < 4.78 is 0. The zero-order valence-corrected chi connectivity index (χ0v) is 20.5. The van der Waals surface area contributed by atoms with E-state index in [1.54, 1.807) is 11.8 Å². The molecule has 0 bridgehead atoms. The SMILES string of the molecule is CSCCC(=O)NCCCCCCNC(=O)CCCCCNC(=O)CCN1C(=O)C=CC1=O. The van der Waals surface area contributed by atoms with Gasteiger partial charge in [-0.05, 0) is 31.9 Å². The van der Waals surface area contributed by atoms with Gasteiger partial charge in [-0.15, -0.1) is 0 Å². The van der Waals surface area contributed by atoms with Crippen LogP contribution in [0.25, 0.3) is 0 Å². The summed E-state index contributed by atoms with van der Waals surface area (Å²) in [6, 6.07) is 0. The van der Waals surface area contributed by atoms with Crippen molar-refractivity contribution in [2.45, 2.75) is 64.2 Å². The molecule has 1 aliphatic rings. The van der Waals surface area contributed by atoms with Crippen LogP contribution in [0.1, 0.15) is 64.2 Å². The van der Waals surface area contributed by atoms with Crippen LogP contribution in [0.15, 0.2) is 12.2 Å². The Hall–Kier alpha value is -2.36. The maximum absolute atomic E-state index is 11.8. The molecule has 0 fully saturated rings. The highest BCUT2D eigenvalue weighted by molar-refractivity contribution is 7.98. The summed E-state index contributed by atoms with van der Waals surface area (Å²) in [6.45, 7) is 1.99. The lowest BCUT2D eigenvalue weighted by Gasteiger charge is -2.13. The Kier molecular flexibility index (Phi) is 15.7. The Balaban J connectivity index is 1.86. The summed E-state index contributed by atoms with van der Waals surface area (Å²) in [5.74, 6) is 0.0618. The molecule has 5 amide bonds. The minimum absolute atomic E-state index is 0.0497. The Morgan fingerprint density at radius 3 is 1.67 bits per heavy atom. The van der Waals surface area contributed by atoms with Crippen LogP contribution in [0.5, 0.6) is 0 Å². The topological polar surface area (TPSA) is 125 Å². The Labute approximate surface area is 200 Å². The molecule has 1 rings (SSSR count). The number of hydrogen-bond donors (Lipinski definition) is 3. The largest absolute Gasteiger partial charge is 0.356 e. The fraction of sp³-hybridized carbons (Fsp3) is 0.696. The van der Waals surface area contributed by atoms with Crippen molar-refractivity contribution in [1.29, 1.82) is 0 Å². The van der Waals surface area contributed by atoms with Crippen LogP contribution >= 0.6 is 11.8 Å². The smallest absolute Gasteiger partial charge is 0.253 e. The van der Waals surface area contributed by atoms with Gasteiger partial charge in [0.15, 0.2) is 0 Å². The lowest BCUT2D eigenvalue weighted by Crippen LogP contribution is -2.34. The average molecular weight is 483 g/mol. The molecule has 0 aromatic rings. The van der Waals surface area contributed by atoms with Crippen LogP contribution in [0.4, 0.5) is 0 Å². The third-order valence-electron chi connectivity index (χ3n) is 5.15. The highest BCUT2D eigenvalue weighted by atomic mass is 32.2. The van der Waals surface area contributed by atoms with E-state index in [0.717, 1.165) is 62.1 Å². The first-order valence-electron chi connectivity index (χ1n) is 11.8. The van der Waals surface area contributed by atoms with Gasteiger partial charge in [0.2, 0.25) is 17.7 Å². The molecule has 33 heavy (non-hydrogen) atoms. The number of thioether (sulfide) groups is 1. The first kappa shape index (κ1) is 28.7. The number of carbonyl (C=O) groups excluding carboxylic acids is 5. The summed E-state index contributed by atoms with van der Waals surface area (Å²) in [6.07, 6.45) is 11.9. The number of hydrogen-bond acceptors (Lipinski definition) is 6. The fourth-order valence-corrected chi connectivity index (χ4v) is 3.59. The quantitative estimate of drug-likeness (QED) is 0.189.